The van der Waals surface area contributed by atoms with Crippen molar-refractivity contribution in [1.82, 2.24) is 4.31 Å². The summed E-state index contributed by atoms with van der Waals surface area (Å²) in [5.74, 6) is -0.117. The predicted molar refractivity (Wildman–Crippen MR) is 107 cm³/mol. The van der Waals surface area contributed by atoms with E-state index in [1.54, 1.807) is 28.6 Å². The molecule has 1 saturated heterocycles. The number of piperidine rings is 1. The molecular formula is C21H26N2O3S. The average molecular weight is 387 g/mol. The molecule has 1 amide bonds. The van der Waals surface area contributed by atoms with Crippen LogP contribution in [0.4, 0.5) is 5.69 Å². The Morgan fingerprint density at radius 1 is 1.00 bits per heavy atom. The van der Waals surface area contributed by atoms with Crippen molar-refractivity contribution in [1.29, 1.82) is 0 Å². The van der Waals surface area contributed by atoms with Gasteiger partial charge in [-0.2, -0.15) is 4.31 Å². The van der Waals surface area contributed by atoms with Crippen molar-refractivity contribution >= 4 is 21.6 Å². The van der Waals surface area contributed by atoms with E-state index < -0.39 is 10.0 Å². The maximum absolute atomic E-state index is 12.7. The Morgan fingerprint density at radius 3 is 2.30 bits per heavy atom. The van der Waals surface area contributed by atoms with Crippen LogP contribution in [0.15, 0.2) is 47.4 Å². The first-order chi connectivity index (χ1) is 12.9. The van der Waals surface area contributed by atoms with Gasteiger partial charge in [0.05, 0.1) is 11.3 Å². The molecule has 0 aliphatic carbocycles. The number of hydrogen-bond donors (Lipinski definition) is 1. The molecule has 0 saturated carbocycles. The molecule has 0 bridgehead atoms. The molecule has 0 atom stereocenters. The van der Waals surface area contributed by atoms with Gasteiger partial charge in [-0.25, -0.2) is 8.42 Å². The SMILES string of the molecule is Cc1ccc(CC(=O)Nc2ccc(S(=O)(=O)N3CCCCC3)cc2)c(C)c1. The minimum atomic E-state index is -3.44. The van der Waals surface area contributed by atoms with E-state index in [1.807, 2.05) is 26.0 Å². The monoisotopic (exact) mass is 386 g/mol. The average Bonchev–Trinajstić information content (AvgIpc) is 2.65. The molecule has 1 N–H and O–H groups in total. The van der Waals surface area contributed by atoms with Crippen LogP contribution in [0.25, 0.3) is 0 Å². The highest BCUT2D eigenvalue weighted by Crippen LogP contribution is 2.22. The number of benzene rings is 2. The highest BCUT2D eigenvalue weighted by molar-refractivity contribution is 7.89. The van der Waals surface area contributed by atoms with Gasteiger partial charge in [-0.3, -0.25) is 4.79 Å². The van der Waals surface area contributed by atoms with Crippen LogP contribution in [0.1, 0.15) is 36.0 Å². The molecule has 5 nitrogen and oxygen atoms in total. The van der Waals surface area contributed by atoms with Gasteiger partial charge in [0, 0.05) is 18.8 Å². The summed E-state index contributed by atoms with van der Waals surface area (Å²) in [5.41, 5.74) is 3.85. The molecule has 2 aromatic carbocycles. The summed E-state index contributed by atoms with van der Waals surface area (Å²) >= 11 is 0. The number of sulfonamides is 1. The number of carbonyl (C=O) groups excluding carboxylic acids is 1. The molecule has 0 radical (unpaired) electrons. The molecular weight excluding hydrogens is 360 g/mol. The summed E-state index contributed by atoms with van der Waals surface area (Å²) in [7, 11) is -3.44. The quantitative estimate of drug-likeness (QED) is 0.853. The van der Waals surface area contributed by atoms with Gasteiger partial charge in [-0.1, -0.05) is 30.2 Å². The number of nitrogens with one attached hydrogen (secondary N) is 1. The number of anilines is 1. The van der Waals surface area contributed by atoms with Crippen LogP contribution in [0, 0.1) is 13.8 Å². The normalized spacial score (nSPS) is 15.5. The third-order valence-electron chi connectivity index (χ3n) is 4.94. The van der Waals surface area contributed by atoms with Crippen LogP contribution >= 0.6 is 0 Å². The summed E-state index contributed by atoms with van der Waals surface area (Å²) < 4.78 is 26.9. The zero-order valence-corrected chi connectivity index (χ0v) is 16.7. The smallest absolute Gasteiger partial charge is 0.243 e. The second-order valence-corrected chi connectivity index (χ2v) is 9.08. The van der Waals surface area contributed by atoms with Gasteiger partial charge in [0.15, 0.2) is 0 Å². The Balaban J connectivity index is 1.65. The molecule has 0 unspecified atom stereocenters. The number of carbonyl (C=O) groups is 1. The third kappa shape index (κ3) is 4.76. The number of aryl methyl sites for hydroxylation is 2. The number of nitrogens with zero attached hydrogens (tertiary/aromatic N) is 1. The van der Waals surface area contributed by atoms with Crippen LogP contribution in [-0.4, -0.2) is 31.7 Å². The fraction of sp³-hybridized carbons (Fsp3) is 0.381. The third-order valence-corrected chi connectivity index (χ3v) is 6.85. The zero-order chi connectivity index (χ0) is 19.4. The van der Waals surface area contributed by atoms with Gasteiger partial charge in [-0.05, 0) is 62.1 Å². The van der Waals surface area contributed by atoms with Crippen molar-refractivity contribution in [2.75, 3.05) is 18.4 Å². The maximum Gasteiger partial charge on any atom is 0.243 e. The molecule has 27 heavy (non-hydrogen) atoms. The van der Waals surface area contributed by atoms with E-state index in [-0.39, 0.29) is 10.8 Å². The van der Waals surface area contributed by atoms with Gasteiger partial charge in [0.2, 0.25) is 15.9 Å². The van der Waals surface area contributed by atoms with Crippen LogP contribution < -0.4 is 5.32 Å². The van der Waals surface area contributed by atoms with Crippen molar-refractivity contribution in [2.24, 2.45) is 0 Å². The summed E-state index contributed by atoms with van der Waals surface area (Å²) in [6, 6.07) is 12.5. The fourth-order valence-corrected chi connectivity index (χ4v) is 4.90. The molecule has 3 rings (SSSR count). The summed E-state index contributed by atoms with van der Waals surface area (Å²) in [5, 5.41) is 2.84. The van der Waals surface area contributed by atoms with E-state index in [4.69, 9.17) is 0 Å². The lowest BCUT2D eigenvalue weighted by Crippen LogP contribution is -2.35. The van der Waals surface area contributed by atoms with Crippen LogP contribution in [0.5, 0.6) is 0 Å². The topological polar surface area (TPSA) is 66.5 Å². The first kappa shape index (κ1) is 19.6. The zero-order valence-electron chi connectivity index (χ0n) is 15.9. The highest BCUT2D eigenvalue weighted by Gasteiger charge is 2.25. The lowest BCUT2D eigenvalue weighted by atomic mass is 10.0. The molecule has 1 aliphatic rings. The molecule has 2 aromatic rings. The van der Waals surface area contributed by atoms with Crippen LogP contribution in [-0.2, 0) is 21.2 Å². The summed E-state index contributed by atoms with van der Waals surface area (Å²) in [6.07, 6.45) is 3.19. The molecule has 0 spiro atoms. The Hall–Kier alpha value is -2.18. The van der Waals surface area contributed by atoms with E-state index in [2.05, 4.69) is 11.4 Å². The van der Waals surface area contributed by atoms with E-state index >= 15 is 0 Å². The Labute approximate surface area is 161 Å². The van der Waals surface area contributed by atoms with Crippen molar-refractivity contribution in [2.45, 2.75) is 44.4 Å². The second-order valence-electron chi connectivity index (χ2n) is 7.14. The largest absolute Gasteiger partial charge is 0.326 e. The number of rotatable bonds is 5. The minimum Gasteiger partial charge on any atom is -0.326 e. The maximum atomic E-state index is 12.7. The Kier molecular flexibility index (Phi) is 5.97. The van der Waals surface area contributed by atoms with Crippen molar-refractivity contribution in [3.63, 3.8) is 0 Å². The fourth-order valence-electron chi connectivity index (χ4n) is 3.39. The summed E-state index contributed by atoms with van der Waals surface area (Å²) in [4.78, 5) is 12.6. The lowest BCUT2D eigenvalue weighted by Gasteiger charge is -2.25. The van der Waals surface area contributed by atoms with Gasteiger partial charge in [0.1, 0.15) is 0 Å². The first-order valence-electron chi connectivity index (χ1n) is 9.32. The van der Waals surface area contributed by atoms with Crippen molar-refractivity contribution in [3.05, 3.63) is 59.2 Å². The van der Waals surface area contributed by atoms with Gasteiger partial charge >= 0.3 is 0 Å². The molecule has 0 aromatic heterocycles. The summed E-state index contributed by atoms with van der Waals surface area (Å²) in [6.45, 7) is 5.18. The van der Waals surface area contributed by atoms with Gasteiger partial charge in [-0.15, -0.1) is 0 Å². The highest BCUT2D eigenvalue weighted by atomic mass is 32.2. The van der Waals surface area contributed by atoms with E-state index in [0.29, 0.717) is 25.2 Å². The van der Waals surface area contributed by atoms with Crippen LogP contribution in [0.3, 0.4) is 0 Å². The Bertz CT molecular complexity index is 915. The Morgan fingerprint density at radius 2 is 1.67 bits per heavy atom. The predicted octanol–water partition coefficient (Wildman–Crippen LogP) is 3.66. The molecule has 1 aliphatic heterocycles. The van der Waals surface area contributed by atoms with E-state index in [9.17, 15) is 13.2 Å². The molecule has 1 heterocycles. The van der Waals surface area contributed by atoms with E-state index in [1.165, 1.54) is 5.56 Å². The lowest BCUT2D eigenvalue weighted by molar-refractivity contribution is -0.115. The number of amides is 1. The molecule has 144 valence electrons. The minimum absolute atomic E-state index is 0.117. The van der Waals surface area contributed by atoms with Crippen molar-refractivity contribution in [3.8, 4) is 0 Å². The van der Waals surface area contributed by atoms with Crippen molar-refractivity contribution < 1.29 is 13.2 Å². The van der Waals surface area contributed by atoms with Gasteiger partial charge in [0.25, 0.3) is 0 Å². The second kappa shape index (κ2) is 8.23. The number of hydrogen-bond acceptors (Lipinski definition) is 3. The standard InChI is InChI=1S/C21H26N2O3S/c1-16-6-7-18(17(2)14-16)15-21(24)22-19-8-10-20(11-9-19)27(25,26)23-12-4-3-5-13-23/h6-11,14H,3-5,12-13,15H2,1-2H3,(H,22,24). The molecule has 1 fully saturated rings. The van der Waals surface area contributed by atoms with Gasteiger partial charge < -0.3 is 5.32 Å². The van der Waals surface area contributed by atoms with E-state index in [0.717, 1.165) is 30.4 Å². The molecule has 6 heteroatoms. The first-order valence-corrected chi connectivity index (χ1v) is 10.8. The van der Waals surface area contributed by atoms with Crippen LogP contribution in [0.2, 0.25) is 0 Å².